The molecule has 2 rings (SSSR count). The maximum atomic E-state index is 12.2. The molecule has 2 aliphatic heterocycles. The Morgan fingerprint density at radius 1 is 1.22 bits per heavy atom. The molecule has 0 aromatic rings. The average Bonchev–Trinajstić information content (AvgIpc) is 2.73. The van der Waals surface area contributed by atoms with Crippen molar-refractivity contribution in [3.05, 3.63) is 0 Å². The molecule has 2 fully saturated rings. The summed E-state index contributed by atoms with van der Waals surface area (Å²) in [6.07, 6.45) is 1.19. The fourth-order valence-electron chi connectivity index (χ4n) is 2.30. The second-order valence-electron chi connectivity index (χ2n) is 4.80. The van der Waals surface area contributed by atoms with E-state index in [1.165, 1.54) is 10.6 Å². The van der Waals surface area contributed by atoms with E-state index in [0.29, 0.717) is 39.4 Å². The van der Waals surface area contributed by atoms with Gasteiger partial charge in [0.2, 0.25) is 15.9 Å². The van der Waals surface area contributed by atoms with Crippen LogP contribution in [0.25, 0.3) is 0 Å². The third kappa shape index (κ3) is 2.82. The molecule has 104 valence electrons. The largest absolute Gasteiger partial charge is 0.379 e. The summed E-state index contributed by atoms with van der Waals surface area (Å²) in [4.78, 5) is 13.8. The number of rotatable bonds is 2. The molecular formula is C10H19N3O4S. The molecule has 0 aromatic heterocycles. The topological polar surface area (TPSA) is 92.9 Å². The number of hydrogen-bond donors (Lipinski definition) is 1. The first-order valence-electron chi connectivity index (χ1n) is 5.97. The highest BCUT2D eigenvalue weighted by Crippen LogP contribution is 2.16. The standard InChI is InChI=1S/C10H19N3O4S/c1-18(15,16)13-4-2-12(3-5-13)10(14)8-6-17-7-9(8)11/h8-9H,2-7,11H2,1H3. The maximum absolute atomic E-state index is 12.2. The van der Waals surface area contributed by atoms with Gasteiger partial charge < -0.3 is 15.4 Å². The van der Waals surface area contributed by atoms with Crippen LogP contribution in [0.5, 0.6) is 0 Å². The molecule has 2 N–H and O–H groups in total. The predicted molar refractivity (Wildman–Crippen MR) is 65.3 cm³/mol. The van der Waals surface area contributed by atoms with Gasteiger partial charge in [-0.2, -0.15) is 4.31 Å². The molecule has 0 radical (unpaired) electrons. The van der Waals surface area contributed by atoms with Crippen molar-refractivity contribution in [1.82, 2.24) is 9.21 Å². The molecular weight excluding hydrogens is 258 g/mol. The van der Waals surface area contributed by atoms with Gasteiger partial charge in [0.15, 0.2) is 0 Å². The highest BCUT2D eigenvalue weighted by molar-refractivity contribution is 7.88. The van der Waals surface area contributed by atoms with Crippen molar-refractivity contribution in [3.8, 4) is 0 Å². The fraction of sp³-hybridized carbons (Fsp3) is 0.900. The third-order valence-electron chi connectivity index (χ3n) is 3.46. The average molecular weight is 277 g/mol. The first kappa shape index (κ1) is 13.7. The molecule has 18 heavy (non-hydrogen) atoms. The van der Waals surface area contributed by atoms with Gasteiger partial charge in [-0.3, -0.25) is 4.79 Å². The molecule has 2 unspecified atom stereocenters. The molecule has 7 nitrogen and oxygen atoms in total. The number of sulfonamides is 1. The Hall–Kier alpha value is -0.700. The lowest BCUT2D eigenvalue weighted by Gasteiger charge is -2.34. The minimum Gasteiger partial charge on any atom is -0.379 e. The molecule has 2 heterocycles. The summed E-state index contributed by atoms with van der Waals surface area (Å²) < 4.78 is 29.3. The van der Waals surface area contributed by atoms with Crippen LogP contribution < -0.4 is 5.73 Å². The van der Waals surface area contributed by atoms with Crippen LogP contribution in [0.3, 0.4) is 0 Å². The first-order chi connectivity index (χ1) is 8.39. The minimum absolute atomic E-state index is 0.0202. The van der Waals surface area contributed by atoms with E-state index in [1.807, 2.05) is 0 Å². The summed E-state index contributed by atoms with van der Waals surface area (Å²) in [5.41, 5.74) is 5.80. The molecule has 0 spiro atoms. The van der Waals surface area contributed by atoms with Gasteiger partial charge in [0.05, 0.1) is 25.4 Å². The van der Waals surface area contributed by atoms with Crippen LogP contribution in [0, 0.1) is 5.92 Å². The van der Waals surface area contributed by atoms with E-state index >= 15 is 0 Å². The maximum Gasteiger partial charge on any atom is 0.229 e. The van der Waals surface area contributed by atoms with Crippen molar-refractivity contribution in [1.29, 1.82) is 0 Å². The Bertz CT molecular complexity index is 417. The minimum atomic E-state index is -3.16. The summed E-state index contributed by atoms with van der Waals surface area (Å²) in [7, 11) is -3.16. The second-order valence-corrected chi connectivity index (χ2v) is 6.78. The van der Waals surface area contributed by atoms with Gasteiger partial charge in [-0.05, 0) is 0 Å². The van der Waals surface area contributed by atoms with E-state index in [9.17, 15) is 13.2 Å². The smallest absolute Gasteiger partial charge is 0.229 e. The number of amides is 1. The van der Waals surface area contributed by atoms with Gasteiger partial charge in [-0.15, -0.1) is 0 Å². The van der Waals surface area contributed by atoms with E-state index in [-0.39, 0.29) is 17.9 Å². The molecule has 0 aromatic carbocycles. The highest BCUT2D eigenvalue weighted by Gasteiger charge is 2.36. The van der Waals surface area contributed by atoms with Crippen LogP contribution in [0.1, 0.15) is 0 Å². The van der Waals surface area contributed by atoms with Crippen molar-refractivity contribution in [2.24, 2.45) is 11.7 Å². The number of nitrogens with zero attached hydrogens (tertiary/aromatic N) is 2. The number of hydrogen-bond acceptors (Lipinski definition) is 5. The number of piperazine rings is 1. The van der Waals surface area contributed by atoms with Crippen LogP contribution >= 0.6 is 0 Å². The zero-order valence-corrected chi connectivity index (χ0v) is 11.2. The quantitative estimate of drug-likeness (QED) is 0.634. The third-order valence-corrected chi connectivity index (χ3v) is 4.76. The van der Waals surface area contributed by atoms with Gasteiger partial charge in [0.1, 0.15) is 0 Å². The van der Waals surface area contributed by atoms with E-state index < -0.39 is 10.0 Å². The van der Waals surface area contributed by atoms with Gasteiger partial charge >= 0.3 is 0 Å². The summed E-state index contributed by atoms with van der Waals surface area (Å²) >= 11 is 0. The summed E-state index contributed by atoms with van der Waals surface area (Å²) in [5.74, 6) is -0.303. The number of ether oxygens (including phenoxy) is 1. The summed E-state index contributed by atoms with van der Waals surface area (Å²) in [6, 6.07) is -0.245. The number of carbonyl (C=O) groups is 1. The first-order valence-corrected chi connectivity index (χ1v) is 7.81. The van der Waals surface area contributed by atoms with Crippen molar-refractivity contribution in [2.75, 3.05) is 45.6 Å². The SMILES string of the molecule is CS(=O)(=O)N1CCN(C(=O)C2COCC2N)CC1. The van der Waals surface area contributed by atoms with E-state index in [4.69, 9.17) is 10.5 Å². The highest BCUT2D eigenvalue weighted by atomic mass is 32.2. The monoisotopic (exact) mass is 277 g/mol. The van der Waals surface area contributed by atoms with Crippen molar-refractivity contribution < 1.29 is 17.9 Å². The number of nitrogens with two attached hydrogens (primary N) is 1. The van der Waals surface area contributed by atoms with Crippen LogP contribution in [0.4, 0.5) is 0 Å². The van der Waals surface area contributed by atoms with E-state index in [1.54, 1.807) is 4.90 Å². The zero-order valence-electron chi connectivity index (χ0n) is 10.4. The zero-order chi connectivity index (χ0) is 13.3. The van der Waals surface area contributed by atoms with Gasteiger partial charge in [0.25, 0.3) is 0 Å². The molecule has 2 saturated heterocycles. The van der Waals surface area contributed by atoms with E-state index in [0.717, 1.165) is 0 Å². The fourth-order valence-corrected chi connectivity index (χ4v) is 3.13. The molecule has 0 aliphatic carbocycles. The van der Waals surface area contributed by atoms with Crippen LogP contribution in [-0.2, 0) is 19.6 Å². The lowest BCUT2D eigenvalue weighted by molar-refractivity contribution is -0.137. The van der Waals surface area contributed by atoms with Gasteiger partial charge in [-0.25, -0.2) is 8.42 Å². The predicted octanol–water partition coefficient (Wildman–Crippen LogP) is -1.94. The molecule has 1 amide bonds. The van der Waals surface area contributed by atoms with Crippen LogP contribution in [-0.4, -0.2) is 75.2 Å². The molecule has 0 saturated carbocycles. The Morgan fingerprint density at radius 2 is 1.83 bits per heavy atom. The Morgan fingerprint density at radius 3 is 2.28 bits per heavy atom. The number of carbonyl (C=O) groups excluding carboxylic acids is 1. The lowest BCUT2D eigenvalue weighted by atomic mass is 10.0. The second kappa shape index (κ2) is 5.12. The Labute approximate surface area is 107 Å². The van der Waals surface area contributed by atoms with Crippen molar-refractivity contribution in [3.63, 3.8) is 0 Å². The molecule has 8 heteroatoms. The van der Waals surface area contributed by atoms with E-state index in [2.05, 4.69) is 0 Å². The summed E-state index contributed by atoms with van der Waals surface area (Å²) in [5, 5.41) is 0. The normalized spacial score (nSPS) is 30.7. The Balaban J connectivity index is 1.92. The molecule has 0 bridgehead atoms. The van der Waals surface area contributed by atoms with Crippen LogP contribution in [0.2, 0.25) is 0 Å². The van der Waals surface area contributed by atoms with Crippen LogP contribution in [0.15, 0.2) is 0 Å². The lowest BCUT2D eigenvalue weighted by Crippen LogP contribution is -2.53. The molecule has 2 aliphatic rings. The summed E-state index contributed by atoms with van der Waals surface area (Å²) in [6.45, 7) is 2.34. The van der Waals surface area contributed by atoms with Gasteiger partial charge in [-0.1, -0.05) is 0 Å². The van der Waals surface area contributed by atoms with Crippen molar-refractivity contribution in [2.45, 2.75) is 6.04 Å². The molecule has 2 atom stereocenters. The van der Waals surface area contributed by atoms with Gasteiger partial charge in [0, 0.05) is 32.2 Å². The van der Waals surface area contributed by atoms with Crippen molar-refractivity contribution >= 4 is 15.9 Å². The Kier molecular flexibility index (Phi) is 3.90.